The summed E-state index contributed by atoms with van der Waals surface area (Å²) in [6.45, 7) is 0.00138. The fraction of sp³-hybridized carbons (Fsp3) is 0.333. The number of benzene rings is 1. The minimum absolute atomic E-state index is 0.00138. The second-order valence-corrected chi connectivity index (χ2v) is 5.68. The summed E-state index contributed by atoms with van der Waals surface area (Å²) in [5, 5.41) is 10.0. The Bertz CT molecular complexity index is 583. The van der Waals surface area contributed by atoms with E-state index in [1.807, 2.05) is 0 Å². The molecule has 112 valence electrons. The Hall–Kier alpha value is -1.52. The van der Waals surface area contributed by atoms with Crippen molar-refractivity contribution in [2.75, 3.05) is 0 Å². The van der Waals surface area contributed by atoms with Gasteiger partial charge in [0, 0.05) is 15.6 Å². The van der Waals surface area contributed by atoms with Gasteiger partial charge in [0.05, 0.1) is 11.8 Å². The number of rotatable bonds is 4. The molecule has 0 aliphatic heterocycles. The summed E-state index contributed by atoms with van der Waals surface area (Å²) < 4.78 is 5.20. The van der Waals surface area contributed by atoms with Gasteiger partial charge in [0.1, 0.15) is 6.61 Å². The van der Waals surface area contributed by atoms with Crippen molar-refractivity contribution >= 4 is 35.1 Å². The van der Waals surface area contributed by atoms with Crippen LogP contribution in [0.2, 0.25) is 10.0 Å². The molecule has 0 aromatic heterocycles. The Morgan fingerprint density at radius 1 is 1.19 bits per heavy atom. The highest BCUT2D eigenvalue weighted by atomic mass is 35.5. The predicted octanol–water partition coefficient (Wildman–Crippen LogP) is 3.70. The zero-order valence-corrected chi connectivity index (χ0v) is 12.6. The summed E-state index contributed by atoms with van der Waals surface area (Å²) in [4.78, 5) is 23.2. The van der Waals surface area contributed by atoms with E-state index in [0.717, 1.165) is 0 Å². The average molecular weight is 329 g/mol. The highest BCUT2D eigenvalue weighted by molar-refractivity contribution is 6.35. The molecule has 2 atom stereocenters. The first kappa shape index (κ1) is 15.9. The van der Waals surface area contributed by atoms with Gasteiger partial charge >= 0.3 is 11.9 Å². The summed E-state index contributed by atoms with van der Waals surface area (Å²) >= 11 is 11.8. The molecule has 0 bridgehead atoms. The standard InChI is InChI=1S/C15H14Cl2O4/c16-10-6-5-9(13(17)7-10)8-21-15(20)12-4-2-1-3-11(12)14(18)19/h1-2,5-7,11-12H,3-4,8H2,(H,18,19)/t11-,12-/m0/s1. The molecule has 0 amide bonds. The van der Waals surface area contributed by atoms with Gasteiger partial charge in [-0.05, 0) is 25.0 Å². The Morgan fingerprint density at radius 3 is 2.48 bits per heavy atom. The molecule has 1 N–H and O–H groups in total. The lowest BCUT2D eigenvalue weighted by Crippen LogP contribution is -2.32. The number of esters is 1. The van der Waals surface area contributed by atoms with Gasteiger partial charge in [-0.25, -0.2) is 0 Å². The van der Waals surface area contributed by atoms with Crippen molar-refractivity contribution in [3.05, 3.63) is 46.0 Å². The van der Waals surface area contributed by atoms with Gasteiger partial charge < -0.3 is 9.84 Å². The number of allylic oxidation sites excluding steroid dienone is 2. The Labute approximate surface area is 132 Å². The second kappa shape index (κ2) is 6.96. The third kappa shape index (κ3) is 3.99. The lowest BCUT2D eigenvalue weighted by Gasteiger charge is -2.23. The van der Waals surface area contributed by atoms with Crippen LogP contribution in [-0.4, -0.2) is 17.0 Å². The number of carbonyl (C=O) groups is 2. The van der Waals surface area contributed by atoms with Crippen LogP contribution in [0.25, 0.3) is 0 Å². The number of hydrogen-bond donors (Lipinski definition) is 1. The molecule has 21 heavy (non-hydrogen) atoms. The van der Waals surface area contributed by atoms with Crippen molar-refractivity contribution in [3.63, 3.8) is 0 Å². The molecule has 6 heteroatoms. The molecule has 1 aliphatic rings. The van der Waals surface area contributed by atoms with E-state index in [9.17, 15) is 9.59 Å². The number of hydrogen-bond acceptors (Lipinski definition) is 3. The van der Waals surface area contributed by atoms with Gasteiger partial charge in [-0.15, -0.1) is 0 Å². The lowest BCUT2D eigenvalue weighted by molar-refractivity contribution is -0.158. The highest BCUT2D eigenvalue weighted by Crippen LogP contribution is 2.28. The lowest BCUT2D eigenvalue weighted by atomic mass is 9.83. The van der Waals surface area contributed by atoms with E-state index in [0.29, 0.717) is 28.5 Å². The third-order valence-corrected chi connectivity index (χ3v) is 4.02. The van der Waals surface area contributed by atoms with E-state index in [1.54, 1.807) is 30.4 Å². The van der Waals surface area contributed by atoms with Crippen LogP contribution in [-0.2, 0) is 20.9 Å². The van der Waals surface area contributed by atoms with E-state index in [4.69, 9.17) is 33.0 Å². The van der Waals surface area contributed by atoms with Crippen molar-refractivity contribution in [2.24, 2.45) is 11.8 Å². The number of carbonyl (C=O) groups excluding carboxylic acids is 1. The van der Waals surface area contributed by atoms with Gasteiger partial charge in [-0.2, -0.15) is 0 Å². The molecule has 0 heterocycles. The summed E-state index contributed by atoms with van der Waals surface area (Å²) in [5.74, 6) is -2.88. The number of aliphatic carboxylic acids is 1. The summed E-state index contributed by atoms with van der Waals surface area (Å²) in [7, 11) is 0. The van der Waals surface area contributed by atoms with E-state index in [1.165, 1.54) is 0 Å². The first-order valence-corrected chi connectivity index (χ1v) is 7.23. The maximum atomic E-state index is 12.1. The van der Waals surface area contributed by atoms with Crippen LogP contribution in [0, 0.1) is 11.8 Å². The molecule has 0 fully saturated rings. The monoisotopic (exact) mass is 328 g/mol. The van der Waals surface area contributed by atoms with Crippen LogP contribution in [0.3, 0.4) is 0 Å². The van der Waals surface area contributed by atoms with Crippen molar-refractivity contribution in [1.29, 1.82) is 0 Å². The maximum Gasteiger partial charge on any atom is 0.310 e. The molecule has 1 aliphatic carbocycles. The summed E-state index contributed by atoms with van der Waals surface area (Å²) in [6.07, 6.45) is 4.31. The Balaban J connectivity index is 2.00. The SMILES string of the molecule is O=C(O)[C@H]1CC=CC[C@@H]1C(=O)OCc1ccc(Cl)cc1Cl. The van der Waals surface area contributed by atoms with Gasteiger partial charge in [0.2, 0.25) is 0 Å². The van der Waals surface area contributed by atoms with Crippen molar-refractivity contribution in [1.82, 2.24) is 0 Å². The zero-order valence-electron chi connectivity index (χ0n) is 11.1. The van der Waals surface area contributed by atoms with Crippen LogP contribution >= 0.6 is 23.2 Å². The molecule has 2 rings (SSSR count). The third-order valence-electron chi connectivity index (χ3n) is 3.44. The smallest absolute Gasteiger partial charge is 0.310 e. The number of ether oxygens (including phenoxy) is 1. The second-order valence-electron chi connectivity index (χ2n) is 4.84. The molecule has 0 unspecified atom stereocenters. The molecule has 0 saturated heterocycles. The Morgan fingerprint density at radius 2 is 1.86 bits per heavy atom. The first-order valence-electron chi connectivity index (χ1n) is 6.47. The Kier molecular flexibility index (Phi) is 5.26. The maximum absolute atomic E-state index is 12.1. The predicted molar refractivity (Wildman–Crippen MR) is 79.2 cm³/mol. The number of carboxylic acid groups (broad SMARTS) is 1. The molecular formula is C15H14Cl2O4. The normalized spacial score (nSPS) is 21.0. The van der Waals surface area contributed by atoms with E-state index >= 15 is 0 Å². The topological polar surface area (TPSA) is 63.6 Å². The van der Waals surface area contributed by atoms with Gasteiger partial charge in [0.15, 0.2) is 0 Å². The van der Waals surface area contributed by atoms with Crippen molar-refractivity contribution < 1.29 is 19.4 Å². The summed E-state index contributed by atoms with van der Waals surface area (Å²) in [5.41, 5.74) is 0.632. The quantitative estimate of drug-likeness (QED) is 0.676. The van der Waals surface area contributed by atoms with Crippen LogP contribution in [0.5, 0.6) is 0 Å². The minimum Gasteiger partial charge on any atom is -0.481 e. The molecule has 4 nitrogen and oxygen atoms in total. The highest BCUT2D eigenvalue weighted by Gasteiger charge is 2.35. The van der Waals surface area contributed by atoms with Crippen LogP contribution < -0.4 is 0 Å². The number of halogens is 2. The molecular weight excluding hydrogens is 315 g/mol. The van der Waals surface area contributed by atoms with Gasteiger partial charge in [-0.3, -0.25) is 9.59 Å². The van der Waals surface area contributed by atoms with E-state index in [2.05, 4.69) is 0 Å². The molecule has 0 radical (unpaired) electrons. The van der Waals surface area contributed by atoms with Crippen LogP contribution in [0.4, 0.5) is 0 Å². The fourth-order valence-electron chi connectivity index (χ4n) is 2.24. The average Bonchev–Trinajstić information content (AvgIpc) is 2.46. The zero-order chi connectivity index (χ0) is 15.4. The van der Waals surface area contributed by atoms with Crippen LogP contribution in [0.1, 0.15) is 18.4 Å². The molecule has 0 spiro atoms. The van der Waals surface area contributed by atoms with Crippen molar-refractivity contribution in [2.45, 2.75) is 19.4 Å². The van der Waals surface area contributed by atoms with Gasteiger partial charge in [0.25, 0.3) is 0 Å². The summed E-state index contributed by atoms with van der Waals surface area (Å²) in [6, 6.07) is 4.89. The first-order chi connectivity index (χ1) is 9.99. The molecule has 1 aromatic carbocycles. The van der Waals surface area contributed by atoms with Crippen LogP contribution in [0.15, 0.2) is 30.4 Å². The van der Waals surface area contributed by atoms with Gasteiger partial charge in [-0.1, -0.05) is 41.4 Å². The minimum atomic E-state index is -0.981. The largest absolute Gasteiger partial charge is 0.481 e. The van der Waals surface area contributed by atoms with Crippen molar-refractivity contribution in [3.8, 4) is 0 Å². The molecule has 0 saturated carbocycles. The van der Waals surface area contributed by atoms with E-state index < -0.39 is 23.8 Å². The fourth-order valence-corrected chi connectivity index (χ4v) is 2.71. The van der Waals surface area contributed by atoms with E-state index in [-0.39, 0.29) is 6.61 Å². The number of carboxylic acids is 1. The molecule has 1 aromatic rings.